The molecule has 0 atom stereocenters. The fraction of sp³-hybridized carbons (Fsp3) is 0.227. The molecule has 0 saturated heterocycles. The van der Waals surface area contributed by atoms with Crippen molar-refractivity contribution in [2.24, 2.45) is 0 Å². The van der Waals surface area contributed by atoms with Gasteiger partial charge >= 0.3 is 6.09 Å². The molecule has 4 rings (SSSR count). The Labute approximate surface area is 183 Å². The highest BCUT2D eigenvalue weighted by Crippen LogP contribution is 2.44. The molecule has 0 saturated carbocycles. The number of aromatic nitrogens is 3. The number of oxazole rings is 1. The summed E-state index contributed by atoms with van der Waals surface area (Å²) >= 11 is 0. The zero-order valence-electron chi connectivity index (χ0n) is 18.2. The number of benzene rings is 2. The summed E-state index contributed by atoms with van der Waals surface area (Å²) < 4.78 is 33.7. The van der Waals surface area contributed by atoms with E-state index < -0.39 is 6.09 Å². The lowest BCUT2D eigenvalue weighted by atomic mass is 10.0. The second-order valence-electron chi connectivity index (χ2n) is 6.54. The lowest BCUT2D eigenvalue weighted by molar-refractivity contribution is 0.174. The molecule has 10 heteroatoms. The van der Waals surface area contributed by atoms with E-state index in [1.54, 1.807) is 24.3 Å². The van der Waals surface area contributed by atoms with E-state index in [1.807, 2.05) is 0 Å². The van der Waals surface area contributed by atoms with Gasteiger partial charge < -0.3 is 28.1 Å². The van der Waals surface area contributed by atoms with Crippen molar-refractivity contribution in [3.63, 3.8) is 0 Å². The van der Waals surface area contributed by atoms with Gasteiger partial charge in [0.15, 0.2) is 23.7 Å². The van der Waals surface area contributed by atoms with Crippen molar-refractivity contribution in [1.29, 1.82) is 0 Å². The highest BCUT2D eigenvalue weighted by Gasteiger charge is 2.24. The van der Waals surface area contributed by atoms with E-state index in [0.717, 1.165) is 0 Å². The zero-order chi connectivity index (χ0) is 22.8. The molecule has 0 spiro atoms. The second kappa shape index (κ2) is 8.50. The normalized spacial score (nSPS) is 10.8. The standard InChI is InChI=1S/C22H21N3O7/c1-27-14-7-6-13(19-18(14)23-10-25(19)22(26)31-5)20-17(24-11-32-20)12-8-15(28-2)21(30-4)16(9-12)29-3/h6-11H,1-5H3. The van der Waals surface area contributed by atoms with Gasteiger partial charge in [-0.1, -0.05) is 0 Å². The van der Waals surface area contributed by atoms with Crippen molar-refractivity contribution >= 4 is 17.1 Å². The molecule has 0 radical (unpaired) electrons. The number of hydrogen-bond acceptors (Lipinski definition) is 9. The summed E-state index contributed by atoms with van der Waals surface area (Å²) in [6.45, 7) is 0. The van der Waals surface area contributed by atoms with Crippen LogP contribution < -0.4 is 18.9 Å². The third-order valence-corrected chi connectivity index (χ3v) is 5.00. The van der Waals surface area contributed by atoms with Crippen LogP contribution in [0.5, 0.6) is 23.0 Å². The van der Waals surface area contributed by atoms with Gasteiger partial charge in [-0.05, 0) is 24.3 Å². The van der Waals surface area contributed by atoms with Crippen LogP contribution in [0.3, 0.4) is 0 Å². The monoisotopic (exact) mass is 439 g/mol. The fourth-order valence-electron chi connectivity index (χ4n) is 3.55. The molecule has 0 aliphatic heterocycles. The summed E-state index contributed by atoms with van der Waals surface area (Å²) in [5, 5.41) is 0. The first-order chi connectivity index (χ1) is 15.6. The van der Waals surface area contributed by atoms with E-state index in [1.165, 1.54) is 52.8 Å². The van der Waals surface area contributed by atoms with Crippen LogP contribution in [-0.2, 0) is 4.74 Å². The SMILES string of the molecule is COC(=O)n1cnc2c(OC)ccc(-c3ocnc3-c3cc(OC)c(OC)c(OC)c3)c21. The maximum Gasteiger partial charge on any atom is 0.419 e. The summed E-state index contributed by atoms with van der Waals surface area (Å²) in [6, 6.07) is 7.04. The highest BCUT2D eigenvalue weighted by atomic mass is 16.5. The lowest BCUT2D eigenvalue weighted by Crippen LogP contribution is -2.10. The van der Waals surface area contributed by atoms with Crippen LogP contribution in [0, 0.1) is 0 Å². The zero-order valence-corrected chi connectivity index (χ0v) is 18.2. The van der Waals surface area contributed by atoms with E-state index in [4.69, 9.17) is 28.1 Å². The van der Waals surface area contributed by atoms with Crippen LogP contribution >= 0.6 is 0 Å². The van der Waals surface area contributed by atoms with Gasteiger partial charge in [-0.15, -0.1) is 0 Å². The molecule has 0 N–H and O–H groups in total. The Morgan fingerprint density at radius 2 is 1.59 bits per heavy atom. The molecule has 2 heterocycles. The molecule has 32 heavy (non-hydrogen) atoms. The van der Waals surface area contributed by atoms with Crippen molar-refractivity contribution in [3.8, 4) is 45.6 Å². The Bertz CT molecular complexity index is 1270. The molecule has 0 aliphatic carbocycles. The molecular formula is C22H21N3O7. The quantitative estimate of drug-likeness (QED) is 0.440. The topological polar surface area (TPSA) is 107 Å². The molecular weight excluding hydrogens is 418 g/mol. The molecule has 0 fully saturated rings. The Hall–Kier alpha value is -4.21. The van der Waals surface area contributed by atoms with Crippen molar-refractivity contribution in [2.45, 2.75) is 0 Å². The number of rotatable bonds is 6. The van der Waals surface area contributed by atoms with E-state index in [-0.39, 0.29) is 0 Å². The molecule has 0 unspecified atom stereocenters. The third-order valence-electron chi connectivity index (χ3n) is 5.00. The van der Waals surface area contributed by atoms with E-state index in [0.29, 0.717) is 56.6 Å². The number of carbonyl (C=O) groups is 1. The number of methoxy groups -OCH3 is 5. The Balaban J connectivity index is 1.97. The first kappa shape index (κ1) is 21.0. The van der Waals surface area contributed by atoms with Crippen LogP contribution in [0.1, 0.15) is 0 Å². The molecule has 2 aromatic carbocycles. The summed E-state index contributed by atoms with van der Waals surface area (Å²) in [6.07, 6.45) is 2.09. The maximum absolute atomic E-state index is 12.4. The van der Waals surface area contributed by atoms with Gasteiger partial charge in [0, 0.05) is 11.1 Å². The van der Waals surface area contributed by atoms with Gasteiger partial charge in [-0.3, -0.25) is 0 Å². The average Bonchev–Trinajstić information content (AvgIpc) is 3.50. The van der Waals surface area contributed by atoms with Crippen molar-refractivity contribution in [3.05, 3.63) is 37.0 Å². The number of imidazole rings is 1. The minimum absolute atomic E-state index is 0.414. The third kappa shape index (κ3) is 3.25. The second-order valence-corrected chi connectivity index (χ2v) is 6.54. The van der Waals surface area contributed by atoms with Gasteiger partial charge in [0.25, 0.3) is 0 Å². The Morgan fingerprint density at radius 1 is 0.906 bits per heavy atom. The summed E-state index contributed by atoms with van der Waals surface area (Å²) in [7, 11) is 7.42. The van der Waals surface area contributed by atoms with Crippen LogP contribution in [0.2, 0.25) is 0 Å². The number of carbonyl (C=O) groups excluding carboxylic acids is 1. The average molecular weight is 439 g/mol. The molecule has 166 valence electrons. The maximum atomic E-state index is 12.4. The van der Waals surface area contributed by atoms with Crippen molar-refractivity contribution in [1.82, 2.24) is 14.5 Å². The van der Waals surface area contributed by atoms with Crippen LogP contribution in [0.4, 0.5) is 4.79 Å². The number of nitrogens with zero attached hydrogens (tertiary/aromatic N) is 3. The van der Waals surface area contributed by atoms with E-state index in [2.05, 4.69) is 9.97 Å². The minimum atomic E-state index is -0.601. The number of fused-ring (bicyclic) bond motifs is 1. The molecule has 10 nitrogen and oxygen atoms in total. The molecule has 0 aliphatic rings. The van der Waals surface area contributed by atoms with Crippen molar-refractivity contribution < 1.29 is 32.9 Å². The summed E-state index contributed by atoms with van der Waals surface area (Å²) in [5.74, 6) is 2.31. The fourth-order valence-corrected chi connectivity index (χ4v) is 3.55. The van der Waals surface area contributed by atoms with Gasteiger partial charge in [0.05, 0.1) is 41.1 Å². The predicted octanol–water partition coefficient (Wildman–Crippen LogP) is 4.01. The molecule has 0 bridgehead atoms. The predicted molar refractivity (Wildman–Crippen MR) is 115 cm³/mol. The molecule has 2 aromatic heterocycles. The van der Waals surface area contributed by atoms with Crippen LogP contribution in [0.25, 0.3) is 33.6 Å². The van der Waals surface area contributed by atoms with Crippen LogP contribution in [-0.4, -0.2) is 56.2 Å². The van der Waals surface area contributed by atoms with Gasteiger partial charge in [-0.2, -0.15) is 0 Å². The first-order valence-corrected chi connectivity index (χ1v) is 9.44. The Kier molecular flexibility index (Phi) is 5.59. The van der Waals surface area contributed by atoms with Gasteiger partial charge in [-0.25, -0.2) is 19.3 Å². The highest BCUT2D eigenvalue weighted by molar-refractivity contribution is 6.01. The van der Waals surface area contributed by atoms with Crippen LogP contribution in [0.15, 0.2) is 41.4 Å². The van der Waals surface area contributed by atoms with E-state index in [9.17, 15) is 4.79 Å². The summed E-state index contributed by atoms with van der Waals surface area (Å²) in [5.41, 5.74) is 2.68. The largest absolute Gasteiger partial charge is 0.494 e. The Morgan fingerprint density at radius 3 is 2.19 bits per heavy atom. The number of ether oxygens (including phenoxy) is 5. The lowest BCUT2D eigenvalue weighted by Gasteiger charge is -2.14. The molecule has 4 aromatic rings. The summed E-state index contributed by atoms with van der Waals surface area (Å²) in [4.78, 5) is 21.1. The van der Waals surface area contributed by atoms with Gasteiger partial charge in [0.2, 0.25) is 5.75 Å². The van der Waals surface area contributed by atoms with Crippen molar-refractivity contribution in [2.75, 3.05) is 35.5 Å². The first-order valence-electron chi connectivity index (χ1n) is 9.44. The molecule has 0 amide bonds. The van der Waals surface area contributed by atoms with Gasteiger partial charge in [0.1, 0.15) is 23.3 Å². The minimum Gasteiger partial charge on any atom is -0.494 e. The van der Waals surface area contributed by atoms with E-state index >= 15 is 0 Å². The number of hydrogen-bond donors (Lipinski definition) is 0. The smallest absolute Gasteiger partial charge is 0.419 e.